The smallest absolute Gasteiger partial charge is 0.234 e. The second-order valence-electron chi connectivity index (χ2n) is 5.91. The maximum absolute atomic E-state index is 11.9. The molecule has 2 amide bonds. The van der Waals surface area contributed by atoms with E-state index in [1.54, 1.807) is 0 Å². The number of amides is 2. The normalized spacial score (nSPS) is 10.3. The van der Waals surface area contributed by atoms with Crippen LogP contribution in [-0.2, 0) is 16.0 Å². The predicted octanol–water partition coefficient (Wildman–Crippen LogP) is 4.26. The second-order valence-corrected chi connectivity index (χ2v) is 6.89. The van der Waals surface area contributed by atoms with Crippen molar-refractivity contribution in [1.29, 1.82) is 0 Å². The molecule has 5 heteroatoms. The Hall–Kier alpha value is -2.27. The first kappa shape index (κ1) is 19.1. The predicted molar refractivity (Wildman–Crippen MR) is 106 cm³/mol. The molecule has 25 heavy (non-hydrogen) atoms. The first-order chi connectivity index (χ1) is 12.1. The van der Waals surface area contributed by atoms with Crippen molar-refractivity contribution >= 4 is 35.0 Å². The summed E-state index contributed by atoms with van der Waals surface area (Å²) in [6.07, 6.45) is 2.15. The van der Waals surface area contributed by atoms with Crippen LogP contribution >= 0.6 is 11.8 Å². The van der Waals surface area contributed by atoms with Crippen molar-refractivity contribution in [2.45, 2.75) is 26.7 Å². The van der Waals surface area contributed by atoms with Gasteiger partial charge in [0.25, 0.3) is 0 Å². The number of thioether (sulfide) groups is 1. The van der Waals surface area contributed by atoms with Crippen molar-refractivity contribution in [3.63, 3.8) is 0 Å². The average Bonchev–Trinajstić information content (AvgIpc) is 2.57. The number of rotatable bonds is 8. The van der Waals surface area contributed by atoms with Gasteiger partial charge in [0.2, 0.25) is 11.8 Å². The summed E-state index contributed by atoms with van der Waals surface area (Å²) in [6.45, 7) is 4.12. The molecule has 0 aliphatic carbocycles. The molecule has 132 valence electrons. The number of carbonyl (C=O) groups is 2. The molecule has 0 saturated heterocycles. The topological polar surface area (TPSA) is 58.2 Å². The lowest BCUT2D eigenvalue weighted by atomic mass is 10.1. The number of benzene rings is 2. The van der Waals surface area contributed by atoms with Gasteiger partial charge in [-0.3, -0.25) is 9.59 Å². The Bertz CT molecular complexity index is 714. The number of nitrogens with one attached hydrogen (secondary N) is 2. The Morgan fingerprint density at radius 3 is 2.16 bits per heavy atom. The van der Waals surface area contributed by atoms with Crippen LogP contribution in [0, 0.1) is 6.92 Å². The summed E-state index contributed by atoms with van der Waals surface area (Å²) in [7, 11) is 0. The molecular formula is C20H24N2O2S. The largest absolute Gasteiger partial charge is 0.325 e. The SMILES string of the molecule is CCCc1ccc(NC(=O)CSCC(=O)Nc2cccc(C)c2)cc1. The van der Waals surface area contributed by atoms with Crippen LogP contribution in [0.5, 0.6) is 0 Å². The Morgan fingerprint density at radius 2 is 1.56 bits per heavy atom. The van der Waals surface area contributed by atoms with Gasteiger partial charge in [0.15, 0.2) is 0 Å². The van der Waals surface area contributed by atoms with Gasteiger partial charge in [-0.05, 0) is 48.7 Å². The quantitative estimate of drug-likeness (QED) is 0.743. The van der Waals surface area contributed by atoms with Crippen LogP contribution in [0.4, 0.5) is 11.4 Å². The van der Waals surface area contributed by atoms with E-state index in [1.807, 2.05) is 55.5 Å². The molecule has 0 aliphatic heterocycles. The molecule has 0 radical (unpaired) electrons. The lowest BCUT2D eigenvalue weighted by Crippen LogP contribution is -2.18. The van der Waals surface area contributed by atoms with E-state index in [2.05, 4.69) is 17.6 Å². The molecule has 0 spiro atoms. The summed E-state index contributed by atoms with van der Waals surface area (Å²) in [5.74, 6) is 0.290. The zero-order valence-corrected chi connectivity index (χ0v) is 15.5. The van der Waals surface area contributed by atoms with Gasteiger partial charge in [0.05, 0.1) is 11.5 Å². The van der Waals surface area contributed by atoms with Gasteiger partial charge in [-0.1, -0.05) is 37.6 Å². The van der Waals surface area contributed by atoms with Gasteiger partial charge in [0.1, 0.15) is 0 Å². The van der Waals surface area contributed by atoms with Gasteiger partial charge in [0, 0.05) is 11.4 Å². The molecular weight excluding hydrogens is 332 g/mol. The van der Waals surface area contributed by atoms with Gasteiger partial charge in [-0.15, -0.1) is 11.8 Å². The standard InChI is InChI=1S/C20H24N2O2S/c1-3-5-16-8-10-17(11-9-16)21-19(23)13-25-14-20(24)22-18-7-4-6-15(2)12-18/h4,6-12H,3,5,13-14H2,1-2H3,(H,21,23)(H,22,24). The summed E-state index contributed by atoms with van der Waals surface area (Å²) in [5.41, 5.74) is 3.93. The fourth-order valence-corrected chi connectivity index (χ4v) is 3.01. The minimum atomic E-state index is -0.104. The molecule has 0 heterocycles. The number of hydrogen-bond donors (Lipinski definition) is 2. The van der Waals surface area contributed by atoms with Crippen LogP contribution in [-0.4, -0.2) is 23.3 Å². The fraction of sp³-hybridized carbons (Fsp3) is 0.300. The molecule has 0 bridgehead atoms. The van der Waals surface area contributed by atoms with Crippen molar-refractivity contribution in [1.82, 2.24) is 0 Å². The van der Waals surface area contributed by atoms with Crippen LogP contribution in [0.3, 0.4) is 0 Å². The maximum atomic E-state index is 11.9. The van der Waals surface area contributed by atoms with Crippen molar-refractivity contribution in [2.24, 2.45) is 0 Å². The highest BCUT2D eigenvalue weighted by atomic mass is 32.2. The summed E-state index contributed by atoms with van der Waals surface area (Å²) in [5, 5.41) is 5.68. The molecule has 0 unspecified atom stereocenters. The van der Waals surface area contributed by atoms with E-state index in [9.17, 15) is 9.59 Å². The zero-order chi connectivity index (χ0) is 18.1. The Balaban J connectivity index is 1.70. The van der Waals surface area contributed by atoms with E-state index in [4.69, 9.17) is 0 Å². The third-order valence-corrected chi connectivity index (χ3v) is 4.48. The Kier molecular flexibility index (Phi) is 7.54. The lowest BCUT2D eigenvalue weighted by Gasteiger charge is -2.07. The molecule has 2 N–H and O–H groups in total. The molecule has 0 fully saturated rings. The van der Waals surface area contributed by atoms with E-state index in [1.165, 1.54) is 17.3 Å². The van der Waals surface area contributed by atoms with Crippen molar-refractivity contribution in [2.75, 3.05) is 22.1 Å². The molecule has 0 saturated carbocycles. The highest BCUT2D eigenvalue weighted by molar-refractivity contribution is 8.00. The maximum Gasteiger partial charge on any atom is 0.234 e. The molecule has 2 aromatic rings. The molecule has 0 aromatic heterocycles. The number of anilines is 2. The fourth-order valence-electron chi connectivity index (χ4n) is 2.40. The highest BCUT2D eigenvalue weighted by Crippen LogP contribution is 2.13. The van der Waals surface area contributed by atoms with Crippen LogP contribution in [0.2, 0.25) is 0 Å². The van der Waals surface area contributed by atoms with Gasteiger partial charge < -0.3 is 10.6 Å². The summed E-state index contributed by atoms with van der Waals surface area (Å²) in [4.78, 5) is 23.8. The van der Waals surface area contributed by atoms with E-state index in [0.29, 0.717) is 0 Å². The van der Waals surface area contributed by atoms with Crippen molar-refractivity contribution in [3.05, 3.63) is 59.7 Å². The van der Waals surface area contributed by atoms with Crippen LogP contribution in [0.25, 0.3) is 0 Å². The minimum Gasteiger partial charge on any atom is -0.325 e. The first-order valence-corrected chi connectivity index (χ1v) is 9.55. The van der Waals surface area contributed by atoms with E-state index < -0.39 is 0 Å². The summed E-state index contributed by atoms with van der Waals surface area (Å²) < 4.78 is 0. The van der Waals surface area contributed by atoms with E-state index in [0.717, 1.165) is 29.8 Å². The van der Waals surface area contributed by atoms with Crippen molar-refractivity contribution < 1.29 is 9.59 Å². The Labute approximate surface area is 153 Å². The van der Waals surface area contributed by atoms with Crippen LogP contribution < -0.4 is 10.6 Å². The number of hydrogen-bond acceptors (Lipinski definition) is 3. The summed E-state index contributed by atoms with van der Waals surface area (Å²) >= 11 is 1.30. The average molecular weight is 356 g/mol. The molecule has 2 rings (SSSR count). The second kappa shape index (κ2) is 9.89. The summed E-state index contributed by atoms with van der Waals surface area (Å²) in [6, 6.07) is 15.5. The molecule has 0 atom stereocenters. The van der Waals surface area contributed by atoms with Gasteiger partial charge >= 0.3 is 0 Å². The Morgan fingerprint density at radius 1 is 0.920 bits per heavy atom. The molecule has 2 aromatic carbocycles. The third-order valence-electron chi connectivity index (χ3n) is 3.54. The minimum absolute atomic E-state index is 0.100. The first-order valence-electron chi connectivity index (χ1n) is 8.40. The third kappa shape index (κ3) is 7.01. The number of carbonyl (C=O) groups excluding carboxylic acids is 2. The van der Waals surface area contributed by atoms with Crippen LogP contribution in [0.1, 0.15) is 24.5 Å². The van der Waals surface area contributed by atoms with E-state index in [-0.39, 0.29) is 23.3 Å². The van der Waals surface area contributed by atoms with Gasteiger partial charge in [-0.2, -0.15) is 0 Å². The molecule has 4 nitrogen and oxygen atoms in total. The van der Waals surface area contributed by atoms with Crippen molar-refractivity contribution in [3.8, 4) is 0 Å². The van der Waals surface area contributed by atoms with Crippen LogP contribution in [0.15, 0.2) is 48.5 Å². The zero-order valence-electron chi connectivity index (χ0n) is 14.7. The number of aryl methyl sites for hydroxylation is 2. The highest BCUT2D eigenvalue weighted by Gasteiger charge is 2.07. The lowest BCUT2D eigenvalue weighted by molar-refractivity contribution is -0.114. The monoisotopic (exact) mass is 356 g/mol. The van der Waals surface area contributed by atoms with E-state index >= 15 is 0 Å². The molecule has 0 aliphatic rings. The van der Waals surface area contributed by atoms with Gasteiger partial charge in [-0.25, -0.2) is 0 Å².